The van der Waals surface area contributed by atoms with E-state index in [9.17, 15) is 5.11 Å². The Kier molecular flexibility index (Phi) is 10.6. The lowest BCUT2D eigenvalue weighted by Gasteiger charge is -2.37. The largest absolute Gasteiger partial charge is 0.469 e. The molecule has 3 rings (SSSR count). The van der Waals surface area contributed by atoms with E-state index in [1.807, 2.05) is 30.3 Å². The minimum atomic E-state index is 0. The Labute approximate surface area is 191 Å². The van der Waals surface area contributed by atoms with Crippen molar-refractivity contribution in [2.45, 2.75) is 51.5 Å². The van der Waals surface area contributed by atoms with Crippen molar-refractivity contribution < 1.29 is 9.52 Å². The van der Waals surface area contributed by atoms with E-state index in [4.69, 9.17) is 9.41 Å². The molecule has 160 valence electrons. The Morgan fingerprint density at radius 2 is 1.83 bits per heavy atom. The molecule has 1 aliphatic carbocycles. The first-order valence-corrected chi connectivity index (χ1v) is 10.5. The maximum atomic E-state index is 9.56. The third kappa shape index (κ3) is 8.01. The minimum Gasteiger partial charge on any atom is -0.469 e. The van der Waals surface area contributed by atoms with Crippen LogP contribution in [0.2, 0.25) is 0 Å². The fraction of sp³-hybridized carbons (Fsp3) is 0.522. The quantitative estimate of drug-likeness (QED) is 0.263. The molecule has 1 fully saturated rings. The molecule has 0 saturated heterocycles. The van der Waals surface area contributed by atoms with Crippen LogP contribution in [0, 0.1) is 5.41 Å². The van der Waals surface area contributed by atoms with Gasteiger partial charge < -0.3 is 20.2 Å². The molecule has 3 N–H and O–H groups in total. The van der Waals surface area contributed by atoms with Gasteiger partial charge in [0.2, 0.25) is 0 Å². The molecule has 5 nitrogen and oxygen atoms in total. The number of benzene rings is 1. The average Bonchev–Trinajstić information content (AvgIpc) is 3.25. The second-order valence-corrected chi connectivity index (χ2v) is 7.79. The van der Waals surface area contributed by atoms with E-state index >= 15 is 0 Å². The monoisotopic (exact) mass is 511 g/mol. The molecule has 2 aromatic rings. The van der Waals surface area contributed by atoms with Crippen LogP contribution in [0.5, 0.6) is 0 Å². The van der Waals surface area contributed by atoms with Crippen LogP contribution in [0.1, 0.15) is 49.8 Å². The lowest BCUT2D eigenvalue weighted by atomic mass is 9.72. The van der Waals surface area contributed by atoms with Crippen molar-refractivity contribution in [2.24, 2.45) is 10.4 Å². The number of furan rings is 1. The third-order valence-electron chi connectivity index (χ3n) is 5.69. The van der Waals surface area contributed by atoms with Crippen LogP contribution in [0.25, 0.3) is 0 Å². The Hall–Kier alpha value is -1.54. The van der Waals surface area contributed by atoms with Crippen molar-refractivity contribution in [3.63, 3.8) is 0 Å². The normalized spacial score (nSPS) is 16.1. The SMILES string of the molecule is I.OCCC1(CNC(=NCc2ccccc2)NCCc2ccco2)CCCCC1. The van der Waals surface area contributed by atoms with Gasteiger partial charge in [-0.2, -0.15) is 0 Å². The van der Waals surface area contributed by atoms with Crippen LogP contribution in [-0.4, -0.2) is 30.8 Å². The van der Waals surface area contributed by atoms with Crippen molar-refractivity contribution >= 4 is 29.9 Å². The van der Waals surface area contributed by atoms with Gasteiger partial charge in [-0.3, -0.25) is 0 Å². The summed E-state index contributed by atoms with van der Waals surface area (Å²) in [5.74, 6) is 1.80. The highest BCUT2D eigenvalue weighted by molar-refractivity contribution is 14.0. The highest BCUT2D eigenvalue weighted by Crippen LogP contribution is 2.38. The summed E-state index contributed by atoms with van der Waals surface area (Å²) in [6.45, 7) is 2.52. The predicted octanol–water partition coefficient (Wildman–Crippen LogP) is 4.51. The molecule has 0 aliphatic heterocycles. The van der Waals surface area contributed by atoms with Crippen LogP contribution in [0.3, 0.4) is 0 Å². The fourth-order valence-electron chi connectivity index (χ4n) is 4.01. The van der Waals surface area contributed by atoms with Crippen LogP contribution in [0.4, 0.5) is 0 Å². The Morgan fingerprint density at radius 3 is 2.52 bits per heavy atom. The van der Waals surface area contributed by atoms with E-state index in [1.165, 1.54) is 37.7 Å². The second kappa shape index (κ2) is 12.9. The van der Waals surface area contributed by atoms with Crippen molar-refractivity contribution in [3.05, 3.63) is 60.1 Å². The summed E-state index contributed by atoms with van der Waals surface area (Å²) >= 11 is 0. The summed E-state index contributed by atoms with van der Waals surface area (Å²) in [5, 5.41) is 16.6. The maximum absolute atomic E-state index is 9.56. The molecule has 0 unspecified atom stereocenters. The molecule has 6 heteroatoms. The third-order valence-corrected chi connectivity index (χ3v) is 5.69. The second-order valence-electron chi connectivity index (χ2n) is 7.79. The summed E-state index contributed by atoms with van der Waals surface area (Å²) in [6, 6.07) is 14.2. The first-order valence-electron chi connectivity index (χ1n) is 10.5. The first-order chi connectivity index (χ1) is 13.8. The van der Waals surface area contributed by atoms with Gasteiger partial charge in [-0.25, -0.2) is 4.99 Å². The molecule has 0 spiro atoms. The number of aliphatic imine (C=N–C) groups is 1. The van der Waals surface area contributed by atoms with E-state index in [2.05, 4.69) is 22.8 Å². The highest BCUT2D eigenvalue weighted by atomic mass is 127. The molecule has 0 atom stereocenters. The van der Waals surface area contributed by atoms with E-state index in [0.29, 0.717) is 6.54 Å². The van der Waals surface area contributed by atoms with Gasteiger partial charge in [0.25, 0.3) is 0 Å². The molecular weight excluding hydrogens is 477 g/mol. The highest BCUT2D eigenvalue weighted by Gasteiger charge is 2.31. The Morgan fingerprint density at radius 1 is 1.03 bits per heavy atom. The molecular formula is C23H34IN3O2. The van der Waals surface area contributed by atoms with Crippen molar-refractivity contribution in [1.82, 2.24) is 10.6 Å². The summed E-state index contributed by atoms with van der Waals surface area (Å²) in [6.07, 6.45) is 9.56. The van der Waals surface area contributed by atoms with Gasteiger partial charge in [-0.05, 0) is 42.4 Å². The first kappa shape index (κ1) is 23.7. The molecule has 1 aromatic heterocycles. The minimum absolute atomic E-state index is 0. The smallest absolute Gasteiger partial charge is 0.191 e. The predicted molar refractivity (Wildman–Crippen MR) is 129 cm³/mol. The lowest BCUT2D eigenvalue weighted by Crippen LogP contribution is -2.45. The molecule has 0 bridgehead atoms. The number of guanidine groups is 1. The van der Waals surface area contributed by atoms with Gasteiger partial charge in [-0.1, -0.05) is 49.6 Å². The molecule has 0 amide bonds. The molecule has 29 heavy (non-hydrogen) atoms. The van der Waals surface area contributed by atoms with Crippen LogP contribution >= 0.6 is 24.0 Å². The summed E-state index contributed by atoms with van der Waals surface area (Å²) in [7, 11) is 0. The standard InChI is InChI=1S/C23H33N3O2.HI/c27-16-14-23(12-5-2-6-13-23)19-26-22(24-15-11-21-10-7-17-28-21)25-18-20-8-3-1-4-9-20;/h1,3-4,7-10,17,27H,2,5-6,11-16,18-19H2,(H2,24,25,26);1H. The topological polar surface area (TPSA) is 69.8 Å². The van der Waals surface area contributed by atoms with E-state index in [1.54, 1.807) is 6.26 Å². The summed E-state index contributed by atoms with van der Waals surface area (Å²) < 4.78 is 5.42. The molecule has 1 saturated carbocycles. The number of halogens is 1. The van der Waals surface area contributed by atoms with Crippen LogP contribution in [-0.2, 0) is 13.0 Å². The van der Waals surface area contributed by atoms with E-state index in [-0.39, 0.29) is 36.0 Å². The molecule has 1 heterocycles. The van der Waals surface area contributed by atoms with Gasteiger partial charge in [0, 0.05) is 26.1 Å². The summed E-state index contributed by atoms with van der Waals surface area (Å²) in [5.41, 5.74) is 1.38. The average molecular weight is 511 g/mol. The summed E-state index contributed by atoms with van der Waals surface area (Å²) in [4.78, 5) is 4.79. The number of nitrogens with one attached hydrogen (secondary N) is 2. The molecule has 1 aliphatic rings. The van der Waals surface area contributed by atoms with Gasteiger partial charge in [-0.15, -0.1) is 24.0 Å². The van der Waals surface area contributed by atoms with Crippen molar-refractivity contribution in [2.75, 3.05) is 19.7 Å². The Bertz CT molecular complexity index is 693. The number of rotatable bonds is 9. The molecule has 0 radical (unpaired) electrons. The number of aliphatic hydroxyl groups excluding tert-OH is 1. The van der Waals surface area contributed by atoms with Crippen LogP contribution in [0.15, 0.2) is 58.1 Å². The Balaban J connectivity index is 0.00000300. The lowest BCUT2D eigenvalue weighted by molar-refractivity contribution is 0.131. The number of nitrogens with zero attached hydrogens (tertiary/aromatic N) is 1. The van der Waals surface area contributed by atoms with Crippen molar-refractivity contribution in [1.29, 1.82) is 0 Å². The fourth-order valence-corrected chi connectivity index (χ4v) is 4.01. The molecule has 1 aromatic carbocycles. The van der Waals surface area contributed by atoms with E-state index < -0.39 is 0 Å². The van der Waals surface area contributed by atoms with Crippen LogP contribution < -0.4 is 10.6 Å². The van der Waals surface area contributed by atoms with E-state index in [0.717, 1.165) is 37.7 Å². The van der Waals surface area contributed by atoms with Gasteiger partial charge in [0.15, 0.2) is 5.96 Å². The number of hydrogen-bond acceptors (Lipinski definition) is 3. The van der Waals surface area contributed by atoms with Gasteiger partial charge in [0.1, 0.15) is 5.76 Å². The number of aliphatic hydroxyl groups is 1. The van der Waals surface area contributed by atoms with Gasteiger partial charge >= 0.3 is 0 Å². The zero-order valence-corrected chi connectivity index (χ0v) is 19.4. The maximum Gasteiger partial charge on any atom is 0.191 e. The zero-order valence-electron chi connectivity index (χ0n) is 17.1. The number of hydrogen-bond donors (Lipinski definition) is 3. The van der Waals surface area contributed by atoms with Gasteiger partial charge in [0.05, 0.1) is 12.8 Å². The zero-order chi connectivity index (χ0) is 19.5. The van der Waals surface area contributed by atoms with Crippen molar-refractivity contribution in [3.8, 4) is 0 Å².